The Hall–Kier alpha value is -0.420. The van der Waals surface area contributed by atoms with E-state index in [1.807, 2.05) is 0 Å². The normalized spacial score (nSPS) is 12.6. The Labute approximate surface area is 143 Å². The number of aliphatic hydroxyl groups excluding tert-OH is 2. The summed E-state index contributed by atoms with van der Waals surface area (Å²) in [7, 11) is 1.69. The van der Waals surface area contributed by atoms with E-state index in [4.69, 9.17) is 10.2 Å². The van der Waals surface area contributed by atoms with E-state index in [-0.39, 0.29) is 13.2 Å². The molecule has 0 radical (unpaired) electrons. The highest BCUT2D eigenvalue weighted by Gasteiger charge is 2.03. The molecule has 0 saturated carbocycles. The first-order valence-corrected chi connectivity index (χ1v) is 9.11. The lowest BCUT2D eigenvalue weighted by molar-refractivity contribution is -0.870. The Morgan fingerprint density at radius 1 is 0.708 bits per heavy atom. The van der Waals surface area contributed by atoms with Crippen LogP contribution < -0.4 is 0 Å². The molecule has 14 heteroatoms. The van der Waals surface area contributed by atoms with Gasteiger partial charge in [0.2, 0.25) is 20.8 Å². The summed E-state index contributed by atoms with van der Waals surface area (Å²) in [5.74, 6) is 0. The van der Waals surface area contributed by atoms with Gasteiger partial charge < -0.3 is 28.3 Å². The highest BCUT2D eigenvalue weighted by atomic mass is 32.3. The van der Waals surface area contributed by atoms with Crippen molar-refractivity contribution in [3.63, 3.8) is 0 Å². The van der Waals surface area contributed by atoms with Crippen molar-refractivity contribution >= 4 is 20.8 Å². The third kappa shape index (κ3) is 43.0. The molecule has 24 heavy (non-hydrogen) atoms. The molecule has 0 saturated heterocycles. The van der Waals surface area contributed by atoms with Crippen LogP contribution in [0.25, 0.3) is 0 Å². The van der Waals surface area contributed by atoms with Gasteiger partial charge in [0, 0.05) is 0 Å². The predicted octanol–water partition coefficient (Wildman–Crippen LogP) is -2.78. The van der Waals surface area contributed by atoms with Crippen LogP contribution in [0.2, 0.25) is 0 Å². The highest BCUT2D eigenvalue weighted by Crippen LogP contribution is 1.92. The summed E-state index contributed by atoms with van der Waals surface area (Å²) in [6, 6.07) is 0. The van der Waals surface area contributed by atoms with Crippen LogP contribution in [0.3, 0.4) is 0 Å². The van der Waals surface area contributed by atoms with Crippen LogP contribution >= 0.6 is 0 Å². The monoisotopic (exact) mass is 400 g/mol. The van der Waals surface area contributed by atoms with Gasteiger partial charge in [-0.15, -0.1) is 8.67 Å². The second kappa shape index (κ2) is 12.0. The average molecular weight is 400 g/mol. The van der Waals surface area contributed by atoms with Gasteiger partial charge in [-0.05, 0) is 0 Å². The quantitative estimate of drug-likeness (QED) is 0.150. The lowest BCUT2D eigenvalue weighted by Crippen LogP contribution is -2.36. The molecule has 150 valence electrons. The minimum atomic E-state index is -5.31. The van der Waals surface area contributed by atoms with Crippen molar-refractivity contribution in [1.29, 1.82) is 0 Å². The molecule has 0 unspecified atom stereocenters. The zero-order chi connectivity index (χ0) is 20.2. The van der Waals surface area contributed by atoms with E-state index < -0.39 is 20.8 Å². The van der Waals surface area contributed by atoms with Crippen LogP contribution in [0.1, 0.15) is 0 Å². The number of hydrogen-bond acceptors (Lipinski definition) is 10. The smallest absolute Gasteiger partial charge is 0.246 e. The third-order valence-electron chi connectivity index (χ3n) is 1.74. The fourth-order valence-electron chi connectivity index (χ4n) is 0.668. The van der Waals surface area contributed by atoms with Gasteiger partial charge >= 0.3 is 0 Å². The van der Waals surface area contributed by atoms with Crippen LogP contribution in [0, 0.1) is 0 Å². The van der Waals surface area contributed by atoms with Crippen LogP contribution in [-0.4, -0.2) is 114 Å². The maximum atomic E-state index is 9.37. The first-order valence-electron chi connectivity index (χ1n) is 6.45. The summed E-state index contributed by atoms with van der Waals surface area (Å²) < 4.78 is 63.1. The van der Waals surface area contributed by atoms with E-state index in [1.54, 1.807) is 0 Å². The number of nitrogens with zero attached hydrogens (tertiary/aromatic N) is 2. The number of rotatable bonds is 7. The fourth-order valence-corrected chi connectivity index (χ4v) is 1.21. The third-order valence-corrected chi connectivity index (χ3v) is 2.29. The molecule has 0 aliphatic carbocycles. The molecule has 0 aromatic carbocycles. The zero-order valence-electron chi connectivity index (χ0n) is 14.7. The summed E-state index contributed by atoms with van der Waals surface area (Å²) >= 11 is 0. The molecule has 0 aliphatic heterocycles. The minimum Gasteiger partial charge on any atom is -0.724 e. The molecule has 0 rings (SSSR count). The summed E-state index contributed by atoms with van der Waals surface area (Å²) in [5.41, 5.74) is 0. The van der Waals surface area contributed by atoms with Crippen molar-refractivity contribution < 1.29 is 53.8 Å². The van der Waals surface area contributed by atoms with Crippen molar-refractivity contribution in [1.82, 2.24) is 0 Å². The summed E-state index contributed by atoms with van der Waals surface area (Å²) in [6.45, 7) is 2.23. The number of hydrogen-bond donors (Lipinski definition) is 2. The SMILES string of the molecule is C[N+](C)(C)CCO.C[N+](C)(C)CCO.O=S(=O)([O-])OOS(=O)(=O)[O-]. The Balaban J connectivity index is -0.000000283. The van der Waals surface area contributed by atoms with E-state index >= 15 is 0 Å². The van der Waals surface area contributed by atoms with E-state index in [0.717, 1.165) is 22.1 Å². The summed E-state index contributed by atoms with van der Waals surface area (Å²) in [5, 5.41) is 16.8. The second-order valence-electron chi connectivity index (χ2n) is 6.43. The van der Waals surface area contributed by atoms with Gasteiger partial charge in [0.25, 0.3) is 0 Å². The summed E-state index contributed by atoms with van der Waals surface area (Å²) in [4.78, 5) is 0. The van der Waals surface area contributed by atoms with Gasteiger partial charge in [-0.2, -0.15) is 0 Å². The molecular weight excluding hydrogens is 372 g/mol. The van der Waals surface area contributed by atoms with Gasteiger partial charge in [0.05, 0.1) is 55.5 Å². The van der Waals surface area contributed by atoms with Gasteiger partial charge in [-0.3, -0.25) is 0 Å². The largest absolute Gasteiger partial charge is 0.724 e. The molecule has 0 fully saturated rings. The van der Waals surface area contributed by atoms with E-state index in [2.05, 4.69) is 51.0 Å². The lowest BCUT2D eigenvalue weighted by Gasteiger charge is -2.21. The highest BCUT2D eigenvalue weighted by molar-refractivity contribution is 7.83. The van der Waals surface area contributed by atoms with Crippen molar-refractivity contribution in [3.8, 4) is 0 Å². The number of aliphatic hydroxyl groups is 2. The second-order valence-corrected chi connectivity index (χ2v) is 8.33. The van der Waals surface area contributed by atoms with E-state index in [9.17, 15) is 25.9 Å². The molecule has 0 atom stereocenters. The molecule has 0 aliphatic rings. The van der Waals surface area contributed by atoms with Crippen molar-refractivity contribution in [2.75, 3.05) is 68.6 Å². The van der Waals surface area contributed by atoms with Gasteiger partial charge in [0.1, 0.15) is 13.1 Å². The van der Waals surface area contributed by atoms with Crippen LogP contribution in [-0.2, 0) is 29.5 Å². The van der Waals surface area contributed by atoms with Crippen LogP contribution in [0.5, 0.6) is 0 Å². The minimum absolute atomic E-state index is 0.281. The molecule has 0 spiro atoms. The van der Waals surface area contributed by atoms with Crippen molar-refractivity contribution in [2.24, 2.45) is 0 Å². The van der Waals surface area contributed by atoms with Gasteiger partial charge in [-0.1, -0.05) is 0 Å². The Morgan fingerprint density at radius 3 is 0.958 bits per heavy atom. The van der Waals surface area contributed by atoms with Crippen LogP contribution in [0.15, 0.2) is 0 Å². The molecule has 0 amide bonds. The van der Waals surface area contributed by atoms with Gasteiger partial charge in [-0.25, -0.2) is 16.8 Å². The lowest BCUT2D eigenvalue weighted by atomic mass is 10.5. The standard InChI is InChI=1S/2C5H14NO.H2O8S2/c2*1-6(2,3)4-5-7;1-9(2,3)7-8-10(4,5)6/h2*7H,4-5H2,1-3H3;(H,1,2,3)(H,4,5,6)/q2*+1;/p-2. The molecule has 2 N–H and O–H groups in total. The van der Waals surface area contributed by atoms with Gasteiger partial charge in [0.15, 0.2) is 0 Å². The number of quaternary nitrogens is 2. The first kappa shape index (κ1) is 28.4. The average Bonchev–Trinajstić information content (AvgIpc) is 2.23. The molecule has 0 aromatic rings. The molecule has 0 heterocycles. The first-order chi connectivity index (χ1) is 10.3. The number of likely N-dealkylation sites (N-methyl/N-ethyl adjacent to an activating group) is 2. The fraction of sp³-hybridized carbons (Fsp3) is 1.00. The van der Waals surface area contributed by atoms with Crippen LogP contribution in [0.4, 0.5) is 0 Å². The summed E-state index contributed by atoms with van der Waals surface area (Å²) in [6.07, 6.45) is 0. The van der Waals surface area contributed by atoms with E-state index in [1.165, 1.54) is 0 Å². The van der Waals surface area contributed by atoms with E-state index in [0.29, 0.717) is 0 Å². The maximum Gasteiger partial charge on any atom is 0.246 e. The topological polar surface area (TPSA) is 173 Å². The van der Waals surface area contributed by atoms with Crippen molar-refractivity contribution in [3.05, 3.63) is 0 Å². The Kier molecular flexibility index (Phi) is 14.2. The molecule has 12 nitrogen and oxygen atoms in total. The maximum absolute atomic E-state index is 9.37. The zero-order valence-corrected chi connectivity index (χ0v) is 16.3. The van der Waals surface area contributed by atoms with Crippen molar-refractivity contribution in [2.45, 2.75) is 0 Å². The molecule has 0 aromatic heterocycles. The Bertz CT molecular complexity index is 457. The molecular formula is C10H28N2O10S2. The Morgan fingerprint density at radius 2 is 0.917 bits per heavy atom. The predicted molar refractivity (Wildman–Crippen MR) is 81.5 cm³/mol. The molecule has 0 bridgehead atoms.